The molecule has 124 valence electrons. The maximum Gasteiger partial charge on any atom is 0.451 e. The van der Waals surface area contributed by atoms with Crippen LogP contribution in [0.15, 0.2) is 6.07 Å². The van der Waals surface area contributed by atoms with Crippen LogP contribution in [0.3, 0.4) is 0 Å². The van der Waals surface area contributed by atoms with E-state index >= 15 is 0 Å². The summed E-state index contributed by atoms with van der Waals surface area (Å²) in [5, 5.41) is 0. The van der Waals surface area contributed by atoms with Gasteiger partial charge < -0.3 is 4.52 Å². The molecule has 0 bridgehead atoms. The summed E-state index contributed by atoms with van der Waals surface area (Å²) in [4.78, 5) is 6.98. The van der Waals surface area contributed by atoms with E-state index in [0.717, 1.165) is 12.8 Å². The molecule has 22 heavy (non-hydrogen) atoms. The normalized spacial score (nSPS) is 15.9. The van der Waals surface area contributed by atoms with Gasteiger partial charge in [0.05, 0.1) is 18.9 Å². The fraction of sp³-hybridized carbons (Fsp3) is 0.667. The maximum absolute atomic E-state index is 12.9. The van der Waals surface area contributed by atoms with Crippen molar-refractivity contribution in [3.63, 3.8) is 0 Å². The number of aromatic nitrogens is 2. The van der Waals surface area contributed by atoms with E-state index in [0.29, 0.717) is 5.69 Å². The average molecular weight is 356 g/mol. The SMILES string of the molecule is CCOP(=S)(OCC)Oc1cc(C2CC2)nc(C(F)(F)F)n1. The molecule has 1 saturated carbocycles. The van der Waals surface area contributed by atoms with Gasteiger partial charge in [0, 0.05) is 23.8 Å². The Balaban J connectivity index is 2.32. The van der Waals surface area contributed by atoms with Gasteiger partial charge in [0.15, 0.2) is 0 Å². The summed E-state index contributed by atoms with van der Waals surface area (Å²) in [6.45, 7) is 0.674. The second-order valence-electron chi connectivity index (χ2n) is 4.60. The highest BCUT2D eigenvalue weighted by atomic mass is 32.5. The van der Waals surface area contributed by atoms with E-state index in [2.05, 4.69) is 9.97 Å². The van der Waals surface area contributed by atoms with Crippen molar-refractivity contribution in [1.82, 2.24) is 9.97 Å². The van der Waals surface area contributed by atoms with Crippen LogP contribution in [0.4, 0.5) is 13.2 Å². The Labute approximate surface area is 131 Å². The molecule has 0 saturated heterocycles. The van der Waals surface area contributed by atoms with Crippen LogP contribution >= 0.6 is 6.72 Å². The van der Waals surface area contributed by atoms with Gasteiger partial charge in [-0.25, -0.2) is 4.98 Å². The fourth-order valence-electron chi connectivity index (χ4n) is 1.73. The minimum atomic E-state index is -4.65. The summed E-state index contributed by atoms with van der Waals surface area (Å²) < 4.78 is 54.6. The van der Waals surface area contributed by atoms with Gasteiger partial charge >= 0.3 is 12.9 Å². The molecule has 1 aliphatic carbocycles. The van der Waals surface area contributed by atoms with Crippen molar-refractivity contribution in [1.29, 1.82) is 0 Å². The number of alkyl halides is 3. The number of hydrogen-bond acceptors (Lipinski definition) is 6. The molecule has 0 radical (unpaired) electrons. The van der Waals surface area contributed by atoms with Crippen molar-refractivity contribution in [3.8, 4) is 5.88 Å². The first-order valence-corrected chi connectivity index (χ1v) is 9.38. The van der Waals surface area contributed by atoms with Crippen molar-refractivity contribution in [2.75, 3.05) is 13.2 Å². The highest BCUT2D eigenvalue weighted by Gasteiger charge is 2.38. The smallest absolute Gasteiger partial charge is 0.406 e. The molecule has 0 spiro atoms. The topological polar surface area (TPSA) is 53.5 Å². The van der Waals surface area contributed by atoms with Crippen LogP contribution in [0.25, 0.3) is 0 Å². The highest BCUT2D eigenvalue weighted by Crippen LogP contribution is 2.50. The number of nitrogens with zero attached hydrogens (tertiary/aromatic N) is 2. The van der Waals surface area contributed by atoms with Crippen LogP contribution in [0.1, 0.15) is 44.1 Å². The standard InChI is InChI=1S/C12H16F3N2O3PS/c1-3-18-21(22,19-4-2)20-10-7-9(8-5-6-8)16-11(17-10)12(13,14)15/h7-8H,3-6H2,1-2H3. The quantitative estimate of drug-likeness (QED) is 0.687. The van der Waals surface area contributed by atoms with Crippen molar-refractivity contribution in [2.45, 2.75) is 38.8 Å². The van der Waals surface area contributed by atoms with Crippen LogP contribution in [-0.2, 0) is 27.0 Å². The van der Waals surface area contributed by atoms with E-state index in [1.807, 2.05) is 0 Å². The van der Waals surface area contributed by atoms with Gasteiger partial charge in [-0.15, -0.1) is 0 Å². The Morgan fingerprint density at radius 3 is 2.27 bits per heavy atom. The zero-order valence-electron chi connectivity index (χ0n) is 12.1. The first-order chi connectivity index (χ1) is 10.3. The largest absolute Gasteiger partial charge is 0.451 e. The number of hydrogen-bond donors (Lipinski definition) is 0. The first-order valence-electron chi connectivity index (χ1n) is 6.82. The number of rotatable bonds is 7. The van der Waals surface area contributed by atoms with Crippen LogP contribution < -0.4 is 4.52 Å². The van der Waals surface area contributed by atoms with E-state index in [-0.39, 0.29) is 25.0 Å². The molecular formula is C12H16F3N2O3PS. The molecule has 1 aromatic rings. The van der Waals surface area contributed by atoms with Gasteiger partial charge in [0.25, 0.3) is 0 Å². The number of halogens is 3. The minimum Gasteiger partial charge on any atom is -0.406 e. The summed E-state index contributed by atoms with van der Waals surface area (Å²) in [6.07, 6.45) is -3.04. The third-order valence-electron chi connectivity index (χ3n) is 2.75. The van der Waals surface area contributed by atoms with Gasteiger partial charge in [0.2, 0.25) is 11.7 Å². The Bertz CT molecular complexity index is 571. The summed E-state index contributed by atoms with van der Waals surface area (Å²) in [5.41, 5.74) is 0.312. The van der Waals surface area contributed by atoms with Crippen molar-refractivity contribution in [3.05, 3.63) is 17.6 Å². The molecule has 0 amide bonds. The molecule has 0 atom stereocenters. The lowest BCUT2D eigenvalue weighted by Gasteiger charge is -2.21. The van der Waals surface area contributed by atoms with Crippen LogP contribution in [0.5, 0.6) is 5.88 Å². The second-order valence-corrected chi connectivity index (χ2v) is 7.54. The molecule has 0 aliphatic heterocycles. The van der Waals surface area contributed by atoms with Crippen molar-refractivity contribution in [2.24, 2.45) is 0 Å². The zero-order chi connectivity index (χ0) is 16.4. The molecule has 1 fully saturated rings. The fourth-order valence-corrected chi connectivity index (χ4v) is 3.72. The van der Waals surface area contributed by atoms with Gasteiger partial charge in [-0.1, -0.05) is 0 Å². The van der Waals surface area contributed by atoms with E-state index in [1.54, 1.807) is 13.8 Å². The second kappa shape index (κ2) is 6.78. The molecule has 1 heterocycles. The van der Waals surface area contributed by atoms with E-state index in [4.69, 9.17) is 25.4 Å². The molecule has 0 aromatic carbocycles. The molecule has 2 rings (SSSR count). The Hall–Kier alpha value is -0.760. The van der Waals surface area contributed by atoms with Crippen LogP contribution in [-0.4, -0.2) is 23.2 Å². The van der Waals surface area contributed by atoms with Crippen molar-refractivity contribution >= 4 is 18.5 Å². The molecule has 0 N–H and O–H groups in total. The summed E-state index contributed by atoms with van der Waals surface area (Å²) >= 11 is 5.15. The Kier molecular flexibility index (Phi) is 5.42. The van der Waals surface area contributed by atoms with E-state index < -0.39 is 18.7 Å². The highest BCUT2D eigenvalue weighted by molar-refractivity contribution is 8.07. The third-order valence-corrected chi connectivity index (χ3v) is 5.17. The minimum absolute atomic E-state index is 0.0171. The predicted molar refractivity (Wildman–Crippen MR) is 77.2 cm³/mol. The maximum atomic E-state index is 12.9. The zero-order valence-corrected chi connectivity index (χ0v) is 13.8. The van der Waals surface area contributed by atoms with Gasteiger partial charge in [0.1, 0.15) is 0 Å². The van der Waals surface area contributed by atoms with Gasteiger partial charge in [-0.2, -0.15) is 18.2 Å². The lowest BCUT2D eigenvalue weighted by Crippen LogP contribution is -2.14. The molecule has 0 unspecified atom stereocenters. The van der Waals surface area contributed by atoms with E-state index in [1.165, 1.54) is 6.07 Å². The average Bonchev–Trinajstić information content (AvgIpc) is 3.21. The molecule has 10 heteroatoms. The van der Waals surface area contributed by atoms with Crippen molar-refractivity contribution < 1.29 is 26.7 Å². The molecule has 1 aromatic heterocycles. The lowest BCUT2D eigenvalue weighted by atomic mass is 10.3. The Morgan fingerprint density at radius 1 is 1.23 bits per heavy atom. The molecular weight excluding hydrogens is 340 g/mol. The summed E-state index contributed by atoms with van der Waals surface area (Å²) in [7, 11) is 0. The van der Waals surface area contributed by atoms with Gasteiger partial charge in [-0.05, 0) is 26.7 Å². The molecule has 1 aliphatic rings. The van der Waals surface area contributed by atoms with Crippen LogP contribution in [0.2, 0.25) is 0 Å². The Morgan fingerprint density at radius 2 is 1.82 bits per heavy atom. The summed E-state index contributed by atoms with van der Waals surface area (Å²) in [6, 6.07) is 1.38. The predicted octanol–water partition coefficient (Wildman–Crippen LogP) is 4.05. The summed E-state index contributed by atoms with van der Waals surface area (Å²) in [5.74, 6) is -1.47. The van der Waals surface area contributed by atoms with Gasteiger partial charge in [-0.3, -0.25) is 9.05 Å². The lowest BCUT2D eigenvalue weighted by molar-refractivity contribution is -0.145. The van der Waals surface area contributed by atoms with E-state index in [9.17, 15) is 13.2 Å². The third kappa shape index (κ3) is 4.62. The monoisotopic (exact) mass is 356 g/mol. The first kappa shape index (κ1) is 17.6. The molecule has 5 nitrogen and oxygen atoms in total. The van der Waals surface area contributed by atoms with Crippen LogP contribution in [0, 0.1) is 0 Å².